The third-order valence-corrected chi connectivity index (χ3v) is 4.06. The van der Waals surface area contributed by atoms with Crippen molar-refractivity contribution in [1.82, 2.24) is 20.1 Å². The highest BCUT2D eigenvalue weighted by molar-refractivity contribution is 5.76. The molecule has 0 radical (unpaired) electrons. The second-order valence-corrected chi connectivity index (χ2v) is 6.00. The maximum absolute atomic E-state index is 12.2. The Morgan fingerprint density at radius 3 is 2.79 bits per heavy atom. The van der Waals surface area contributed by atoms with Gasteiger partial charge in [0.25, 0.3) is 5.89 Å². The average Bonchev–Trinajstić information content (AvgIpc) is 3.16. The van der Waals surface area contributed by atoms with Crippen LogP contribution in [-0.4, -0.2) is 20.7 Å². The number of carbonyl (C=O) groups is 1. The summed E-state index contributed by atoms with van der Waals surface area (Å²) in [5.41, 5.74) is 1.84. The number of aromatic nitrogens is 3. The smallest absolute Gasteiger partial charge is 0.264 e. The van der Waals surface area contributed by atoms with Crippen molar-refractivity contribution < 1.29 is 9.21 Å². The minimum absolute atomic E-state index is 0.0572. The van der Waals surface area contributed by atoms with Crippen LogP contribution in [0, 0.1) is 0 Å². The van der Waals surface area contributed by atoms with Crippen molar-refractivity contribution >= 4 is 5.91 Å². The van der Waals surface area contributed by atoms with Crippen molar-refractivity contribution in [2.24, 2.45) is 0 Å². The fraction of sp³-hybridized carbons (Fsp3) is 0.278. The molecule has 4 rings (SSSR count). The molecule has 1 amide bonds. The molecule has 2 aromatic heterocycles. The van der Waals surface area contributed by atoms with Gasteiger partial charge in [0.2, 0.25) is 11.8 Å². The quantitative estimate of drug-likeness (QED) is 0.757. The number of rotatable bonds is 6. The van der Waals surface area contributed by atoms with E-state index in [2.05, 4.69) is 15.5 Å². The second kappa shape index (κ2) is 6.31. The van der Waals surface area contributed by atoms with Gasteiger partial charge in [0.15, 0.2) is 0 Å². The lowest BCUT2D eigenvalue weighted by Gasteiger charge is -2.08. The third kappa shape index (κ3) is 3.22. The van der Waals surface area contributed by atoms with Crippen LogP contribution in [-0.2, 0) is 17.9 Å². The van der Waals surface area contributed by atoms with Gasteiger partial charge in [-0.2, -0.15) is 0 Å². The van der Waals surface area contributed by atoms with Gasteiger partial charge in [0.05, 0.1) is 0 Å². The van der Waals surface area contributed by atoms with Crippen molar-refractivity contribution in [2.45, 2.75) is 31.8 Å². The second-order valence-electron chi connectivity index (χ2n) is 6.00. The number of nitrogens with one attached hydrogen (secondary N) is 1. The highest BCUT2D eigenvalue weighted by Crippen LogP contribution is 2.39. The van der Waals surface area contributed by atoms with Crippen LogP contribution in [0.4, 0.5) is 0 Å². The van der Waals surface area contributed by atoms with Crippen molar-refractivity contribution in [3.63, 3.8) is 0 Å². The maximum Gasteiger partial charge on any atom is 0.264 e. The van der Waals surface area contributed by atoms with Gasteiger partial charge < -0.3 is 14.3 Å². The van der Waals surface area contributed by atoms with Crippen LogP contribution >= 0.6 is 0 Å². The topological polar surface area (TPSA) is 73.0 Å². The summed E-state index contributed by atoms with van der Waals surface area (Å²) in [6.07, 6.45) is 4.08. The first-order chi connectivity index (χ1) is 11.8. The van der Waals surface area contributed by atoms with E-state index in [1.54, 1.807) is 0 Å². The summed E-state index contributed by atoms with van der Waals surface area (Å²) in [6.45, 7) is 0.735. The van der Waals surface area contributed by atoms with Crippen LogP contribution in [0.15, 0.2) is 53.1 Å². The van der Waals surface area contributed by atoms with Gasteiger partial charge >= 0.3 is 0 Å². The molecular weight excluding hydrogens is 304 g/mol. The molecule has 122 valence electrons. The van der Waals surface area contributed by atoms with Gasteiger partial charge in [-0.25, -0.2) is 0 Å². The number of carbonyl (C=O) groups excluding carboxylic acids is 1. The third-order valence-electron chi connectivity index (χ3n) is 4.06. The van der Waals surface area contributed by atoms with E-state index in [1.165, 1.54) is 0 Å². The predicted octanol–water partition coefficient (Wildman–Crippen LogP) is 2.73. The van der Waals surface area contributed by atoms with E-state index in [4.69, 9.17) is 4.42 Å². The summed E-state index contributed by atoms with van der Waals surface area (Å²) in [5.74, 6) is 1.53. The predicted molar refractivity (Wildman–Crippen MR) is 88.0 cm³/mol. The molecule has 1 aliphatic rings. The summed E-state index contributed by atoms with van der Waals surface area (Å²) in [6, 6.07) is 13.6. The van der Waals surface area contributed by atoms with E-state index < -0.39 is 0 Å². The molecule has 1 saturated carbocycles. The molecule has 0 unspecified atom stereocenters. The van der Waals surface area contributed by atoms with Crippen LogP contribution < -0.4 is 5.32 Å². The molecule has 0 spiro atoms. The van der Waals surface area contributed by atoms with Crippen LogP contribution in [0.1, 0.15) is 30.2 Å². The first-order valence-electron chi connectivity index (χ1n) is 8.09. The molecule has 0 atom stereocenters. The number of benzene rings is 1. The highest BCUT2D eigenvalue weighted by Gasteiger charge is 2.29. The Bertz CT molecular complexity index is 834. The average molecular weight is 322 g/mol. The molecule has 0 aliphatic heterocycles. The number of nitrogens with zero attached hydrogens (tertiary/aromatic N) is 3. The first kappa shape index (κ1) is 14.7. The molecule has 0 saturated heterocycles. The zero-order valence-electron chi connectivity index (χ0n) is 13.2. The van der Waals surface area contributed by atoms with Gasteiger partial charge in [-0.1, -0.05) is 30.3 Å². The molecule has 3 aromatic rings. The summed E-state index contributed by atoms with van der Waals surface area (Å²) >= 11 is 0. The Morgan fingerprint density at radius 2 is 2.00 bits per heavy atom. The van der Waals surface area contributed by atoms with Crippen molar-refractivity contribution in [1.29, 1.82) is 0 Å². The summed E-state index contributed by atoms with van der Waals surface area (Å²) in [4.78, 5) is 12.2. The van der Waals surface area contributed by atoms with Gasteiger partial charge in [0.1, 0.15) is 12.2 Å². The van der Waals surface area contributed by atoms with Gasteiger partial charge in [-0.05, 0) is 30.5 Å². The highest BCUT2D eigenvalue weighted by atomic mass is 16.4. The standard InChI is InChI=1S/C18H18N4O2/c23-16(19-11-13-5-2-1-3-6-13)12-22-10-4-7-15(22)18-21-20-17(24-18)14-8-9-14/h1-7,10,14H,8-9,11-12H2,(H,19,23). The van der Waals surface area contributed by atoms with Crippen LogP contribution in [0.2, 0.25) is 0 Å². The number of hydrogen-bond acceptors (Lipinski definition) is 4. The fourth-order valence-electron chi connectivity index (χ4n) is 2.59. The molecule has 24 heavy (non-hydrogen) atoms. The van der Waals surface area contributed by atoms with E-state index in [9.17, 15) is 4.79 Å². The Balaban J connectivity index is 1.41. The number of amides is 1. The lowest BCUT2D eigenvalue weighted by atomic mass is 10.2. The van der Waals surface area contributed by atoms with E-state index >= 15 is 0 Å². The fourth-order valence-corrected chi connectivity index (χ4v) is 2.59. The summed E-state index contributed by atoms with van der Waals surface area (Å²) in [5, 5.41) is 11.1. The molecule has 1 aromatic carbocycles. The molecule has 6 nitrogen and oxygen atoms in total. The Labute approximate surface area is 139 Å². The van der Waals surface area contributed by atoms with Gasteiger partial charge in [-0.3, -0.25) is 4.79 Å². The summed E-state index contributed by atoms with van der Waals surface area (Å²) < 4.78 is 7.55. The van der Waals surface area contributed by atoms with E-state index in [0.717, 1.165) is 24.1 Å². The molecule has 1 fully saturated rings. The van der Waals surface area contributed by atoms with Crippen molar-refractivity contribution in [3.05, 3.63) is 60.1 Å². The Hall–Kier alpha value is -2.89. The largest absolute Gasteiger partial charge is 0.419 e. The van der Waals surface area contributed by atoms with E-state index in [-0.39, 0.29) is 12.5 Å². The van der Waals surface area contributed by atoms with Gasteiger partial charge in [0, 0.05) is 18.7 Å². The lowest BCUT2D eigenvalue weighted by Crippen LogP contribution is -2.27. The summed E-state index contributed by atoms with van der Waals surface area (Å²) in [7, 11) is 0. The van der Waals surface area contributed by atoms with Gasteiger partial charge in [-0.15, -0.1) is 10.2 Å². The molecule has 1 N–H and O–H groups in total. The molecular formula is C18H18N4O2. The maximum atomic E-state index is 12.2. The van der Waals surface area contributed by atoms with Crippen molar-refractivity contribution in [3.8, 4) is 11.6 Å². The SMILES string of the molecule is O=C(Cn1cccc1-c1nnc(C2CC2)o1)NCc1ccccc1. The Kier molecular flexibility index (Phi) is 3.86. The molecule has 0 bridgehead atoms. The van der Waals surface area contributed by atoms with Crippen LogP contribution in [0.5, 0.6) is 0 Å². The normalized spacial score (nSPS) is 13.8. The lowest BCUT2D eigenvalue weighted by molar-refractivity contribution is -0.121. The zero-order chi connectivity index (χ0) is 16.4. The molecule has 2 heterocycles. The van der Waals surface area contributed by atoms with Crippen LogP contribution in [0.3, 0.4) is 0 Å². The monoisotopic (exact) mass is 322 g/mol. The van der Waals surface area contributed by atoms with E-state index in [0.29, 0.717) is 24.2 Å². The molecule has 1 aliphatic carbocycles. The van der Waals surface area contributed by atoms with E-state index in [1.807, 2.05) is 53.2 Å². The minimum atomic E-state index is -0.0572. The molecule has 6 heteroatoms. The van der Waals surface area contributed by atoms with Crippen LogP contribution in [0.25, 0.3) is 11.6 Å². The number of hydrogen-bond donors (Lipinski definition) is 1. The zero-order valence-corrected chi connectivity index (χ0v) is 13.2. The Morgan fingerprint density at radius 1 is 1.17 bits per heavy atom. The minimum Gasteiger partial charge on any atom is -0.419 e. The first-order valence-corrected chi connectivity index (χ1v) is 8.09. The van der Waals surface area contributed by atoms with Crippen molar-refractivity contribution in [2.75, 3.05) is 0 Å².